The van der Waals surface area contributed by atoms with Crippen molar-refractivity contribution < 1.29 is 8.42 Å². The van der Waals surface area contributed by atoms with Crippen LogP contribution < -0.4 is 15.4 Å². The van der Waals surface area contributed by atoms with E-state index < -0.39 is 10.0 Å². The molecule has 0 saturated carbocycles. The number of hydrogen-bond donors (Lipinski definition) is 3. The van der Waals surface area contributed by atoms with Crippen molar-refractivity contribution in [1.82, 2.24) is 15.4 Å². The molecule has 1 rings (SSSR count). The molecule has 0 atom stereocenters. The largest absolute Gasteiger partial charge is 0.357 e. The Morgan fingerprint density at radius 1 is 1.08 bits per heavy atom. The highest BCUT2D eigenvalue weighted by Crippen LogP contribution is 2.04. The van der Waals surface area contributed by atoms with Gasteiger partial charge in [0.25, 0.3) is 0 Å². The van der Waals surface area contributed by atoms with Crippen molar-refractivity contribution >= 4 is 40.0 Å². The molecule has 0 aliphatic carbocycles. The Kier molecular flexibility index (Phi) is 12.0. The molecule has 1 aromatic rings. The predicted octanol–water partition coefficient (Wildman–Crippen LogP) is 2.00. The Morgan fingerprint density at radius 2 is 1.75 bits per heavy atom. The van der Waals surface area contributed by atoms with Crippen molar-refractivity contribution in [1.29, 1.82) is 0 Å². The van der Waals surface area contributed by atoms with Crippen LogP contribution in [0.3, 0.4) is 0 Å². The first-order valence-electron chi connectivity index (χ1n) is 8.02. The molecule has 3 N–H and O–H groups in total. The van der Waals surface area contributed by atoms with E-state index in [1.807, 2.05) is 6.92 Å². The molecule has 8 heteroatoms. The molecule has 6 nitrogen and oxygen atoms in total. The maximum absolute atomic E-state index is 11.3. The van der Waals surface area contributed by atoms with Gasteiger partial charge in [0.05, 0.1) is 12.3 Å². The molecule has 0 saturated heterocycles. The van der Waals surface area contributed by atoms with E-state index in [1.165, 1.54) is 5.56 Å². The zero-order valence-corrected chi connectivity index (χ0v) is 17.8. The van der Waals surface area contributed by atoms with Crippen molar-refractivity contribution in [3.8, 4) is 0 Å². The number of benzene rings is 1. The van der Waals surface area contributed by atoms with Gasteiger partial charge in [-0.2, -0.15) is 0 Å². The Balaban J connectivity index is 0.00000529. The first kappa shape index (κ1) is 23.1. The summed E-state index contributed by atoms with van der Waals surface area (Å²) in [5, 5.41) is 6.39. The van der Waals surface area contributed by atoms with Gasteiger partial charge in [0.1, 0.15) is 0 Å². The second-order valence-electron chi connectivity index (χ2n) is 5.26. The molecule has 0 amide bonds. The lowest BCUT2D eigenvalue weighted by Gasteiger charge is -2.11. The minimum atomic E-state index is -3.10. The fourth-order valence-electron chi connectivity index (χ4n) is 1.83. The Labute approximate surface area is 163 Å². The maximum Gasteiger partial charge on any atom is 0.211 e. The van der Waals surface area contributed by atoms with Gasteiger partial charge in [0, 0.05) is 19.6 Å². The van der Waals surface area contributed by atoms with Crippen molar-refractivity contribution in [3.63, 3.8) is 0 Å². The van der Waals surface area contributed by atoms with Crippen LogP contribution in [-0.4, -0.2) is 39.8 Å². The van der Waals surface area contributed by atoms with Crippen LogP contribution in [-0.2, 0) is 16.6 Å². The number of hydrogen-bond acceptors (Lipinski definition) is 3. The van der Waals surface area contributed by atoms with E-state index in [4.69, 9.17) is 0 Å². The second-order valence-corrected chi connectivity index (χ2v) is 7.35. The second kappa shape index (κ2) is 12.5. The summed E-state index contributed by atoms with van der Waals surface area (Å²) in [7, 11) is -3.10. The van der Waals surface area contributed by atoms with Gasteiger partial charge >= 0.3 is 0 Å². The number of aliphatic imine (C=N–C) groups is 1. The van der Waals surface area contributed by atoms with Crippen LogP contribution in [0.25, 0.3) is 0 Å². The Morgan fingerprint density at radius 3 is 2.33 bits per heavy atom. The monoisotopic (exact) mass is 468 g/mol. The van der Waals surface area contributed by atoms with E-state index in [9.17, 15) is 8.42 Å². The summed E-state index contributed by atoms with van der Waals surface area (Å²) >= 11 is 0. The van der Waals surface area contributed by atoms with Gasteiger partial charge in [-0.3, -0.25) is 0 Å². The molecule has 24 heavy (non-hydrogen) atoms. The summed E-state index contributed by atoms with van der Waals surface area (Å²) < 4.78 is 25.2. The Bertz CT molecular complexity index is 589. The highest BCUT2D eigenvalue weighted by Gasteiger charge is 2.04. The molecule has 0 heterocycles. The quantitative estimate of drug-likeness (QED) is 0.224. The van der Waals surface area contributed by atoms with Crippen molar-refractivity contribution in [2.24, 2.45) is 4.99 Å². The van der Waals surface area contributed by atoms with Crippen LogP contribution in [0, 0.1) is 6.92 Å². The standard InChI is InChI=1S/C16H28N4O2S.HI/c1-4-17-16(18-11-6-12-20-23(21,22)5-2)19-13-15-9-7-14(3)8-10-15;/h7-10,20H,4-6,11-13H2,1-3H3,(H2,17,18,19);1H. The molecule has 0 fully saturated rings. The average molecular weight is 468 g/mol. The lowest BCUT2D eigenvalue weighted by molar-refractivity contribution is 0.579. The minimum absolute atomic E-state index is 0. The number of aryl methyl sites for hydroxylation is 1. The van der Waals surface area contributed by atoms with Crippen molar-refractivity contribution in [2.45, 2.75) is 33.7 Å². The molecule has 0 unspecified atom stereocenters. The fourth-order valence-corrected chi connectivity index (χ4v) is 2.49. The third kappa shape index (κ3) is 10.1. The van der Waals surface area contributed by atoms with Gasteiger partial charge in [0.15, 0.2) is 5.96 Å². The van der Waals surface area contributed by atoms with E-state index in [1.54, 1.807) is 6.92 Å². The van der Waals surface area contributed by atoms with Crippen LogP contribution in [0.15, 0.2) is 29.3 Å². The third-order valence-corrected chi connectivity index (χ3v) is 4.64. The summed E-state index contributed by atoms with van der Waals surface area (Å²) in [6.45, 7) is 8.18. The van der Waals surface area contributed by atoms with E-state index >= 15 is 0 Å². The van der Waals surface area contributed by atoms with E-state index in [0.29, 0.717) is 26.1 Å². The number of nitrogens with zero attached hydrogens (tertiary/aromatic N) is 1. The number of rotatable bonds is 9. The molecular weight excluding hydrogens is 439 g/mol. The summed E-state index contributed by atoms with van der Waals surface area (Å²) in [4.78, 5) is 4.53. The van der Waals surface area contributed by atoms with Gasteiger partial charge < -0.3 is 10.6 Å². The molecule has 0 spiro atoms. The third-order valence-electron chi connectivity index (χ3n) is 3.23. The number of nitrogens with one attached hydrogen (secondary N) is 3. The molecule has 0 bridgehead atoms. The van der Waals surface area contributed by atoms with Crippen LogP contribution in [0.2, 0.25) is 0 Å². The Hall–Kier alpha value is -0.870. The average Bonchev–Trinajstić information content (AvgIpc) is 2.53. The number of guanidine groups is 1. The molecule has 0 aromatic heterocycles. The SMILES string of the molecule is CCNC(=NCc1ccc(C)cc1)NCCCNS(=O)(=O)CC.I. The van der Waals surface area contributed by atoms with Gasteiger partial charge in [-0.25, -0.2) is 18.1 Å². The smallest absolute Gasteiger partial charge is 0.211 e. The van der Waals surface area contributed by atoms with Crippen LogP contribution >= 0.6 is 24.0 Å². The van der Waals surface area contributed by atoms with E-state index in [2.05, 4.69) is 51.5 Å². The van der Waals surface area contributed by atoms with Crippen LogP contribution in [0.5, 0.6) is 0 Å². The van der Waals surface area contributed by atoms with Gasteiger partial charge in [-0.05, 0) is 32.8 Å². The first-order valence-corrected chi connectivity index (χ1v) is 9.67. The summed E-state index contributed by atoms with van der Waals surface area (Å²) in [5.74, 6) is 0.854. The summed E-state index contributed by atoms with van der Waals surface area (Å²) in [6, 6.07) is 8.29. The highest BCUT2D eigenvalue weighted by molar-refractivity contribution is 14.0. The normalized spacial score (nSPS) is 11.7. The van der Waals surface area contributed by atoms with E-state index in [0.717, 1.165) is 18.1 Å². The molecule has 0 aliphatic rings. The lowest BCUT2D eigenvalue weighted by atomic mass is 10.1. The minimum Gasteiger partial charge on any atom is -0.357 e. The highest BCUT2D eigenvalue weighted by atomic mass is 127. The maximum atomic E-state index is 11.3. The predicted molar refractivity (Wildman–Crippen MR) is 111 cm³/mol. The first-order chi connectivity index (χ1) is 11.0. The number of halogens is 1. The molecular formula is C16H29IN4O2S. The van der Waals surface area contributed by atoms with Crippen LogP contribution in [0.1, 0.15) is 31.4 Å². The zero-order valence-electron chi connectivity index (χ0n) is 14.6. The van der Waals surface area contributed by atoms with Crippen LogP contribution in [0.4, 0.5) is 0 Å². The van der Waals surface area contributed by atoms with E-state index in [-0.39, 0.29) is 29.7 Å². The van der Waals surface area contributed by atoms with Crippen molar-refractivity contribution in [2.75, 3.05) is 25.4 Å². The lowest BCUT2D eigenvalue weighted by Crippen LogP contribution is -2.38. The zero-order chi connectivity index (χ0) is 17.1. The topological polar surface area (TPSA) is 82.6 Å². The summed E-state index contributed by atoms with van der Waals surface area (Å²) in [6.07, 6.45) is 0.703. The molecule has 1 aromatic carbocycles. The molecule has 138 valence electrons. The van der Waals surface area contributed by atoms with Gasteiger partial charge in [0.2, 0.25) is 10.0 Å². The molecule has 0 aliphatic heterocycles. The fraction of sp³-hybridized carbons (Fsp3) is 0.562. The summed E-state index contributed by atoms with van der Waals surface area (Å²) in [5.41, 5.74) is 2.39. The van der Waals surface area contributed by atoms with Gasteiger partial charge in [-0.1, -0.05) is 29.8 Å². The van der Waals surface area contributed by atoms with Gasteiger partial charge in [-0.15, -0.1) is 24.0 Å². The molecule has 0 radical (unpaired) electrons. The van der Waals surface area contributed by atoms with Crippen molar-refractivity contribution in [3.05, 3.63) is 35.4 Å². The number of sulfonamides is 1.